The minimum absolute atomic E-state index is 0.436. The van der Waals surface area contributed by atoms with Crippen molar-refractivity contribution in [3.05, 3.63) is 34.0 Å². The Balaban J connectivity index is 2.52. The maximum Gasteiger partial charge on any atom is 0.172 e. The highest BCUT2D eigenvalue weighted by Gasteiger charge is 2.05. The number of anilines is 1. The first kappa shape index (κ1) is 9.48. The summed E-state index contributed by atoms with van der Waals surface area (Å²) in [6.07, 6.45) is 3.36. The van der Waals surface area contributed by atoms with Crippen molar-refractivity contribution in [1.82, 2.24) is 14.8 Å². The fourth-order valence-corrected chi connectivity index (χ4v) is 1.75. The number of aromatic nitrogens is 3. The van der Waals surface area contributed by atoms with Gasteiger partial charge in [0.25, 0.3) is 0 Å². The number of nitrogen functional groups attached to an aromatic ring is 1. The Kier molecular flexibility index (Phi) is 2.43. The van der Waals surface area contributed by atoms with Gasteiger partial charge in [-0.25, -0.2) is 9.67 Å². The molecule has 0 radical (unpaired) electrons. The summed E-state index contributed by atoms with van der Waals surface area (Å²) in [6, 6.07) is 3.43. The molecule has 2 aromatic heterocycles. The number of halogens is 2. The van der Waals surface area contributed by atoms with E-state index in [0.717, 1.165) is 4.47 Å². The predicted molar refractivity (Wildman–Crippen MR) is 58.5 cm³/mol. The van der Waals surface area contributed by atoms with Gasteiger partial charge >= 0.3 is 0 Å². The van der Waals surface area contributed by atoms with Gasteiger partial charge in [-0.1, -0.05) is 11.6 Å². The lowest BCUT2D eigenvalue weighted by Gasteiger charge is -2.02. The van der Waals surface area contributed by atoms with Crippen LogP contribution in [-0.4, -0.2) is 14.8 Å². The zero-order chi connectivity index (χ0) is 10.1. The largest absolute Gasteiger partial charge is 0.382 e. The first-order valence-electron chi connectivity index (χ1n) is 3.79. The molecule has 0 aromatic carbocycles. The Morgan fingerprint density at radius 1 is 1.50 bits per heavy atom. The highest BCUT2D eigenvalue weighted by Crippen LogP contribution is 2.21. The van der Waals surface area contributed by atoms with Crippen LogP contribution < -0.4 is 5.73 Å². The Morgan fingerprint density at radius 3 is 2.86 bits per heavy atom. The molecule has 0 amide bonds. The second-order valence-corrected chi connectivity index (χ2v) is 3.97. The van der Waals surface area contributed by atoms with Gasteiger partial charge in [0.1, 0.15) is 5.82 Å². The number of hydrogen-bond donors (Lipinski definition) is 1. The van der Waals surface area contributed by atoms with Crippen LogP contribution in [0.4, 0.5) is 5.82 Å². The first-order valence-corrected chi connectivity index (χ1v) is 4.96. The third-order valence-electron chi connectivity index (χ3n) is 1.62. The van der Waals surface area contributed by atoms with Crippen LogP contribution in [0.1, 0.15) is 0 Å². The van der Waals surface area contributed by atoms with E-state index >= 15 is 0 Å². The maximum absolute atomic E-state index is 5.98. The molecule has 0 aliphatic carbocycles. The Bertz CT molecular complexity index is 468. The van der Waals surface area contributed by atoms with Crippen LogP contribution in [0.3, 0.4) is 0 Å². The van der Waals surface area contributed by atoms with Gasteiger partial charge in [-0.2, -0.15) is 0 Å². The van der Waals surface area contributed by atoms with Crippen LogP contribution in [0, 0.1) is 0 Å². The molecule has 0 aliphatic rings. The van der Waals surface area contributed by atoms with E-state index in [4.69, 9.17) is 17.3 Å². The lowest BCUT2D eigenvalue weighted by molar-refractivity contribution is 0.851. The van der Waals surface area contributed by atoms with Gasteiger partial charge in [-0.3, -0.25) is 0 Å². The summed E-state index contributed by atoms with van der Waals surface area (Å²) in [4.78, 5) is 4.13. The van der Waals surface area contributed by atoms with Crippen molar-refractivity contribution in [2.75, 3.05) is 5.73 Å². The minimum Gasteiger partial charge on any atom is -0.382 e. The second-order valence-electron chi connectivity index (χ2n) is 2.64. The zero-order valence-electron chi connectivity index (χ0n) is 6.98. The van der Waals surface area contributed by atoms with Crippen molar-refractivity contribution in [3.8, 4) is 5.82 Å². The molecule has 72 valence electrons. The molecule has 2 heterocycles. The first-order chi connectivity index (χ1) is 6.66. The van der Waals surface area contributed by atoms with E-state index in [0.29, 0.717) is 16.7 Å². The van der Waals surface area contributed by atoms with Crippen molar-refractivity contribution < 1.29 is 0 Å². The van der Waals surface area contributed by atoms with Gasteiger partial charge < -0.3 is 5.73 Å². The quantitative estimate of drug-likeness (QED) is 0.867. The predicted octanol–water partition coefficient (Wildman–Crippen LogP) is 2.27. The van der Waals surface area contributed by atoms with Crippen LogP contribution >= 0.6 is 27.5 Å². The summed E-state index contributed by atoms with van der Waals surface area (Å²) in [5, 5.41) is 4.52. The highest BCUT2D eigenvalue weighted by atomic mass is 79.9. The average molecular weight is 274 g/mol. The molecule has 0 bridgehead atoms. The van der Waals surface area contributed by atoms with E-state index in [1.54, 1.807) is 24.5 Å². The summed E-state index contributed by atoms with van der Waals surface area (Å²) in [6.45, 7) is 0. The third kappa shape index (κ3) is 1.73. The van der Waals surface area contributed by atoms with E-state index in [1.165, 1.54) is 4.68 Å². The molecule has 2 N–H and O–H groups in total. The summed E-state index contributed by atoms with van der Waals surface area (Å²) < 4.78 is 2.36. The van der Waals surface area contributed by atoms with Crippen LogP contribution in [0.5, 0.6) is 0 Å². The Labute approximate surface area is 93.8 Å². The summed E-state index contributed by atoms with van der Waals surface area (Å²) in [5.74, 6) is 0.998. The number of pyridine rings is 1. The van der Waals surface area contributed by atoms with Crippen molar-refractivity contribution in [1.29, 1.82) is 0 Å². The van der Waals surface area contributed by atoms with Gasteiger partial charge in [0.15, 0.2) is 5.82 Å². The van der Waals surface area contributed by atoms with Crippen LogP contribution in [0.15, 0.2) is 29.0 Å². The average Bonchev–Trinajstić information content (AvgIpc) is 2.51. The summed E-state index contributed by atoms with van der Waals surface area (Å²) in [7, 11) is 0. The molecular formula is C8H6BrClN4. The number of rotatable bonds is 1. The van der Waals surface area contributed by atoms with Crippen molar-refractivity contribution >= 4 is 33.3 Å². The molecule has 0 fully saturated rings. The van der Waals surface area contributed by atoms with Crippen LogP contribution in [-0.2, 0) is 0 Å². The van der Waals surface area contributed by atoms with Crippen molar-refractivity contribution in [2.45, 2.75) is 0 Å². The van der Waals surface area contributed by atoms with Gasteiger partial charge in [-0.15, -0.1) is 5.10 Å². The third-order valence-corrected chi connectivity index (χ3v) is 2.33. The fourth-order valence-electron chi connectivity index (χ4n) is 1.03. The molecule has 2 rings (SSSR count). The van der Waals surface area contributed by atoms with E-state index in [2.05, 4.69) is 26.0 Å². The van der Waals surface area contributed by atoms with Crippen LogP contribution in [0.25, 0.3) is 5.82 Å². The molecule has 0 saturated carbocycles. The molecule has 2 aromatic rings. The minimum atomic E-state index is 0.436. The molecule has 0 atom stereocenters. The van der Waals surface area contributed by atoms with Crippen LogP contribution in [0.2, 0.25) is 5.02 Å². The van der Waals surface area contributed by atoms with Crippen molar-refractivity contribution in [3.63, 3.8) is 0 Å². The van der Waals surface area contributed by atoms with Gasteiger partial charge in [0.2, 0.25) is 0 Å². The summed E-state index contributed by atoms with van der Waals surface area (Å²) in [5.41, 5.74) is 5.48. The SMILES string of the molecule is Nc1ccn(-c2ncc(Br)cc2Cl)n1. The molecule has 4 nitrogen and oxygen atoms in total. The van der Waals surface area contributed by atoms with E-state index in [9.17, 15) is 0 Å². The van der Waals surface area contributed by atoms with E-state index in [-0.39, 0.29) is 0 Å². The summed E-state index contributed by atoms with van der Waals surface area (Å²) >= 11 is 9.25. The van der Waals surface area contributed by atoms with Gasteiger partial charge in [0, 0.05) is 22.9 Å². The maximum atomic E-state index is 5.98. The number of nitrogens with two attached hydrogens (primary N) is 1. The normalized spacial score (nSPS) is 10.4. The molecule has 6 heteroatoms. The Hall–Kier alpha value is -1.07. The smallest absolute Gasteiger partial charge is 0.172 e. The standard InChI is InChI=1S/C8H6BrClN4/c9-5-3-6(10)8(12-4-5)14-2-1-7(11)13-14/h1-4H,(H2,11,13). The molecule has 0 aliphatic heterocycles. The monoisotopic (exact) mass is 272 g/mol. The molecular weight excluding hydrogens is 267 g/mol. The highest BCUT2D eigenvalue weighted by molar-refractivity contribution is 9.10. The molecule has 0 spiro atoms. The Morgan fingerprint density at radius 2 is 2.29 bits per heavy atom. The molecule has 14 heavy (non-hydrogen) atoms. The van der Waals surface area contributed by atoms with Gasteiger partial charge in [0.05, 0.1) is 5.02 Å². The van der Waals surface area contributed by atoms with Crippen molar-refractivity contribution in [2.24, 2.45) is 0 Å². The molecule has 0 unspecified atom stereocenters. The molecule has 0 saturated heterocycles. The fraction of sp³-hybridized carbons (Fsp3) is 0. The second kappa shape index (κ2) is 3.59. The van der Waals surface area contributed by atoms with E-state index in [1.807, 2.05) is 0 Å². The van der Waals surface area contributed by atoms with Gasteiger partial charge in [-0.05, 0) is 22.0 Å². The zero-order valence-corrected chi connectivity index (χ0v) is 9.33. The van der Waals surface area contributed by atoms with E-state index < -0.39 is 0 Å². The lowest BCUT2D eigenvalue weighted by atomic mass is 10.4. The number of hydrogen-bond acceptors (Lipinski definition) is 3. The topological polar surface area (TPSA) is 56.7 Å². The number of nitrogens with zero attached hydrogens (tertiary/aromatic N) is 3. The lowest BCUT2D eigenvalue weighted by Crippen LogP contribution is -1.99.